The Balaban J connectivity index is 1.29. The molecular weight excluding hydrogens is 717 g/mol. The van der Waals surface area contributed by atoms with Gasteiger partial charge in [-0.1, -0.05) is 54.6 Å². The van der Waals surface area contributed by atoms with Gasteiger partial charge in [-0.25, -0.2) is 29.9 Å². The summed E-state index contributed by atoms with van der Waals surface area (Å²) in [5.41, 5.74) is 9.56. The fraction of sp³-hybridized carbons (Fsp3) is 0.0833. The zero-order chi connectivity index (χ0) is 39.7. The first kappa shape index (κ1) is 34.4. The van der Waals surface area contributed by atoms with Gasteiger partial charge in [-0.2, -0.15) is 10.5 Å². The van der Waals surface area contributed by atoms with Crippen LogP contribution in [0.5, 0.6) is 0 Å². The van der Waals surface area contributed by atoms with Gasteiger partial charge in [0.25, 0.3) is 0 Å². The van der Waals surface area contributed by atoms with Crippen LogP contribution in [0.25, 0.3) is 88.9 Å². The molecule has 10 aromatic rings. The Morgan fingerprint density at radius 3 is 1.50 bits per heavy atom. The normalized spacial score (nSPS) is 11.4. The van der Waals surface area contributed by atoms with Crippen LogP contribution in [0, 0.1) is 50.4 Å². The number of aryl methyl sites for hydroxylation is 4. The maximum absolute atomic E-state index is 11.5. The second-order valence-corrected chi connectivity index (χ2v) is 14.3. The number of hydrogen-bond acceptors (Lipinski definition) is 8. The minimum atomic E-state index is 0.478. The molecule has 0 bridgehead atoms. The molecule has 0 aliphatic rings. The molecule has 10 nitrogen and oxygen atoms in total. The molecule has 0 atom stereocenters. The van der Waals surface area contributed by atoms with Crippen molar-refractivity contribution in [3.63, 3.8) is 0 Å². The highest BCUT2D eigenvalue weighted by Crippen LogP contribution is 2.43. The topological polar surface area (TPSA) is 135 Å². The maximum atomic E-state index is 11.5. The number of benzene rings is 6. The van der Waals surface area contributed by atoms with E-state index in [9.17, 15) is 10.5 Å². The highest BCUT2D eigenvalue weighted by atomic mass is 15.0. The van der Waals surface area contributed by atoms with Crippen LogP contribution in [0.1, 0.15) is 34.4 Å². The number of fused-ring (bicyclic) bond motifs is 6. The molecule has 0 amide bonds. The molecule has 0 aliphatic carbocycles. The lowest BCUT2D eigenvalue weighted by molar-refractivity contribution is 0.928. The Morgan fingerprint density at radius 2 is 0.948 bits per heavy atom. The summed E-state index contributed by atoms with van der Waals surface area (Å²) >= 11 is 0. The second-order valence-electron chi connectivity index (χ2n) is 14.3. The molecular formula is C48H32N10. The molecule has 10 heteroatoms. The first-order valence-electron chi connectivity index (χ1n) is 18.8. The average molecular weight is 749 g/mol. The Kier molecular flexibility index (Phi) is 7.89. The summed E-state index contributed by atoms with van der Waals surface area (Å²) in [7, 11) is 0. The summed E-state index contributed by atoms with van der Waals surface area (Å²) in [6, 6.07) is 45.5. The molecule has 0 N–H and O–H groups in total. The van der Waals surface area contributed by atoms with Gasteiger partial charge in [0, 0.05) is 38.2 Å². The average Bonchev–Trinajstić information content (AvgIpc) is 3.74. The standard InChI is InChI=1S/C48H32N10/c1-27-51-28(2)54-47(53-27)33-16-19-43-38(23-33)36-12-5-7-14-41(36)57(43)45-21-18-35(32-11-9-10-31(22-32)25-49)46(40(45)26-50)58-42-15-8-6-13-37(42)39-24-34(17-20-44(39)58)48-55-29(3)52-30(4)56-48/h5-24H,1-4H3. The molecule has 0 spiro atoms. The van der Waals surface area contributed by atoms with Gasteiger partial charge in [-0.05, 0) is 100.0 Å². The molecule has 274 valence electrons. The first-order chi connectivity index (χ1) is 28.3. The van der Waals surface area contributed by atoms with Crippen molar-refractivity contribution in [3.8, 4) is 57.4 Å². The van der Waals surface area contributed by atoms with Crippen LogP contribution in [-0.4, -0.2) is 39.0 Å². The van der Waals surface area contributed by atoms with Gasteiger partial charge in [0.1, 0.15) is 34.9 Å². The lowest BCUT2D eigenvalue weighted by Gasteiger charge is -2.20. The Labute approximate surface area is 333 Å². The van der Waals surface area contributed by atoms with E-state index in [4.69, 9.17) is 0 Å². The zero-order valence-corrected chi connectivity index (χ0v) is 32.0. The van der Waals surface area contributed by atoms with Crippen LogP contribution in [0.4, 0.5) is 0 Å². The van der Waals surface area contributed by atoms with Crippen molar-refractivity contribution in [2.75, 3.05) is 0 Å². The van der Waals surface area contributed by atoms with E-state index in [2.05, 4.69) is 106 Å². The number of nitrogens with zero attached hydrogens (tertiary/aromatic N) is 10. The lowest BCUT2D eigenvalue weighted by Crippen LogP contribution is -2.06. The Hall–Kier alpha value is -8.08. The fourth-order valence-corrected chi connectivity index (χ4v) is 8.31. The van der Waals surface area contributed by atoms with E-state index in [0.717, 1.165) is 71.6 Å². The third kappa shape index (κ3) is 5.47. The molecule has 0 fully saturated rings. The van der Waals surface area contributed by atoms with Crippen molar-refractivity contribution in [1.82, 2.24) is 39.0 Å². The minimum absolute atomic E-state index is 0.478. The molecule has 0 unspecified atom stereocenters. The molecule has 0 aliphatic heterocycles. The second kappa shape index (κ2) is 13.3. The summed E-state index contributed by atoms with van der Waals surface area (Å²) in [6.45, 7) is 7.48. The maximum Gasteiger partial charge on any atom is 0.163 e. The van der Waals surface area contributed by atoms with E-state index in [0.29, 0.717) is 51.8 Å². The smallest absolute Gasteiger partial charge is 0.163 e. The molecule has 4 heterocycles. The molecule has 58 heavy (non-hydrogen) atoms. The van der Waals surface area contributed by atoms with E-state index in [1.54, 1.807) is 6.07 Å². The summed E-state index contributed by atoms with van der Waals surface area (Å²) in [6.07, 6.45) is 0. The van der Waals surface area contributed by atoms with E-state index >= 15 is 0 Å². The quantitative estimate of drug-likeness (QED) is 0.170. The minimum Gasteiger partial charge on any atom is -0.308 e. The summed E-state index contributed by atoms with van der Waals surface area (Å²) < 4.78 is 4.36. The highest BCUT2D eigenvalue weighted by Gasteiger charge is 2.25. The zero-order valence-electron chi connectivity index (χ0n) is 32.0. The number of para-hydroxylation sites is 2. The Morgan fingerprint density at radius 1 is 0.431 bits per heavy atom. The molecule has 0 radical (unpaired) electrons. The van der Waals surface area contributed by atoms with Gasteiger partial charge in [0.15, 0.2) is 11.6 Å². The van der Waals surface area contributed by atoms with Gasteiger partial charge in [0.2, 0.25) is 0 Å². The van der Waals surface area contributed by atoms with Crippen LogP contribution >= 0.6 is 0 Å². The van der Waals surface area contributed by atoms with Gasteiger partial charge in [-0.3, -0.25) is 0 Å². The van der Waals surface area contributed by atoms with Crippen molar-refractivity contribution in [2.45, 2.75) is 27.7 Å². The molecule has 6 aromatic carbocycles. The number of hydrogen-bond donors (Lipinski definition) is 0. The Bertz CT molecular complexity index is 3390. The fourth-order valence-electron chi connectivity index (χ4n) is 8.31. The van der Waals surface area contributed by atoms with Crippen LogP contribution in [0.3, 0.4) is 0 Å². The van der Waals surface area contributed by atoms with Crippen molar-refractivity contribution in [3.05, 3.63) is 156 Å². The third-order valence-electron chi connectivity index (χ3n) is 10.6. The predicted molar refractivity (Wildman–Crippen MR) is 227 cm³/mol. The van der Waals surface area contributed by atoms with E-state index in [1.807, 2.05) is 88.4 Å². The van der Waals surface area contributed by atoms with E-state index < -0.39 is 0 Å². The highest BCUT2D eigenvalue weighted by molar-refractivity contribution is 6.12. The largest absolute Gasteiger partial charge is 0.308 e. The van der Waals surface area contributed by atoms with E-state index in [1.165, 1.54) is 0 Å². The van der Waals surface area contributed by atoms with Crippen molar-refractivity contribution >= 4 is 43.6 Å². The summed E-state index contributed by atoms with van der Waals surface area (Å²) in [5, 5.41) is 25.5. The predicted octanol–water partition coefficient (Wildman–Crippen LogP) is 10.2. The number of nitriles is 2. The molecule has 10 rings (SSSR count). The van der Waals surface area contributed by atoms with Gasteiger partial charge in [0.05, 0.1) is 45.1 Å². The summed E-state index contributed by atoms with van der Waals surface area (Å²) in [4.78, 5) is 27.4. The first-order valence-corrected chi connectivity index (χ1v) is 18.8. The number of aromatic nitrogens is 8. The van der Waals surface area contributed by atoms with Gasteiger partial charge < -0.3 is 9.13 Å². The van der Waals surface area contributed by atoms with Crippen LogP contribution in [-0.2, 0) is 0 Å². The van der Waals surface area contributed by atoms with Crippen LogP contribution < -0.4 is 0 Å². The lowest BCUT2D eigenvalue weighted by atomic mass is 9.97. The van der Waals surface area contributed by atoms with Crippen molar-refractivity contribution in [1.29, 1.82) is 10.5 Å². The SMILES string of the molecule is Cc1nc(C)nc(-c2ccc3c(c2)c2ccccc2n3-c2ccc(-c3cccc(C#N)c3)c(-n3c4ccccc4c4cc(-c5nc(C)nc(C)n5)ccc43)c2C#N)n1. The molecule has 0 saturated heterocycles. The molecule has 0 saturated carbocycles. The number of rotatable bonds is 5. The van der Waals surface area contributed by atoms with Crippen LogP contribution in [0.2, 0.25) is 0 Å². The van der Waals surface area contributed by atoms with Gasteiger partial charge >= 0.3 is 0 Å². The van der Waals surface area contributed by atoms with E-state index in [-0.39, 0.29) is 0 Å². The molecule has 4 aromatic heterocycles. The van der Waals surface area contributed by atoms with Crippen molar-refractivity contribution in [2.24, 2.45) is 0 Å². The van der Waals surface area contributed by atoms with Crippen molar-refractivity contribution < 1.29 is 0 Å². The third-order valence-corrected chi connectivity index (χ3v) is 10.6. The van der Waals surface area contributed by atoms with Crippen LogP contribution in [0.15, 0.2) is 121 Å². The summed E-state index contributed by atoms with van der Waals surface area (Å²) in [5.74, 6) is 3.85. The van der Waals surface area contributed by atoms with Gasteiger partial charge in [-0.15, -0.1) is 0 Å². The monoisotopic (exact) mass is 748 g/mol.